The zero-order chi connectivity index (χ0) is 15.4. The third-order valence-corrected chi connectivity index (χ3v) is 3.94. The molecule has 0 unspecified atom stereocenters. The molecule has 0 aliphatic rings. The molecule has 0 bridgehead atoms. The quantitative estimate of drug-likeness (QED) is 0.810. The van der Waals surface area contributed by atoms with Gasteiger partial charge in [-0.2, -0.15) is 0 Å². The molecule has 0 saturated carbocycles. The number of aryl methyl sites for hydroxylation is 2. The van der Waals surface area contributed by atoms with E-state index in [1.165, 1.54) is 22.9 Å². The highest BCUT2D eigenvalue weighted by Crippen LogP contribution is 2.27. The van der Waals surface area contributed by atoms with E-state index in [1.807, 2.05) is 20.8 Å². The van der Waals surface area contributed by atoms with Crippen molar-refractivity contribution in [1.29, 1.82) is 0 Å². The Morgan fingerprint density at radius 3 is 2.33 bits per heavy atom. The number of anilines is 1. The third kappa shape index (κ3) is 4.17. The average Bonchev–Trinajstić information content (AvgIpc) is 2.39. The molecule has 0 aliphatic heterocycles. The Kier molecular flexibility index (Phi) is 5.17. The second-order valence-electron chi connectivity index (χ2n) is 4.92. The first-order chi connectivity index (χ1) is 9.99. The van der Waals surface area contributed by atoms with Crippen molar-refractivity contribution < 1.29 is 8.78 Å². The van der Waals surface area contributed by atoms with Crippen molar-refractivity contribution in [3.8, 4) is 0 Å². The van der Waals surface area contributed by atoms with E-state index >= 15 is 0 Å². The van der Waals surface area contributed by atoms with Crippen LogP contribution in [0, 0.1) is 25.5 Å². The molecule has 1 aromatic carbocycles. The van der Waals surface area contributed by atoms with Crippen LogP contribution in [0.2, 0.25) is 0 Å². The summed E-state index contributed by atoms with van der Waals surface area (Å²) in [6.45, 7) is 6.44. The van der Waals surface area contributed by atoms with Crippen LogP contribution in [0.4, 0.5) is 14.6 Å². The molecule has 1 heterocycles. The van der Waals surface area contributed by atoms with Gasteiger partial charge in [-0.3, -0.25) is 0 Å². The number of nitrogens with zero attached hydrogens (tertiary/aromatic N) is 1. The van der Waals surface area contributed by atoms with E-state index in [1.54, 1.807) is 0 Å². The molecule has 0 aliphatic carbocycles. The van der Waals surface area contributed by atoms with Crippen molar-refractivity contribution in [2.75, 3.05) is 11.9 Å². The minimum Gasteiger partial charge on any atom is -0.368 e. The van der Waals surface area contributed by atoms with Crippen LogP contribution in [-0.4, -0.2) is 11.5 Å². The zero-order valence-electron chi connectivity index (χ0n) is 12.3. The lowest BCUT2D eigenvalue weighted by Crippen LogP contribution is -2.04. The van der Waals surface area contributed by atoms with Crippen LogP contribution in [0.15, 0.2) is 29.3 Å². The molecule has 2 aromatic rings. The predicted molar refractivity (Wildman–Crippen MR) is 83.8 cm³/mol. The summed E-state index contributed by atoms with van der Waals surface area (Å²) in [6, 6.07) is 7.10. The summed E-state index contributed by atoms with van der Waals surface area (Å²) in [4.78, 5) is 4.02. The van der Waals surface area contributed by atoms with Gasteiger partial charge in [-0.05, 0) is 26.3 Å². The van der Waals surface area contributed by atoms with Crippen molar-refractivity contribution in [3.63, 3.8) is 0 Å². The minimum atomic E-state index is -0.662. The molecule has 1 N–H and O–H groups in total. The lowest BCUT2D eigenvalue weighted by molar-refractivity contribution is 0.551. The number of hydrogen-bond donors (Lipinski definition) is 1. The molecule has 0 atom stereocenters. The Balaban J connectivity index is 2.17. The van der Waals surface area contributed by atoms with E-state index in [-0.39, 0.29) is 10.8 Å². The summed E-state index contributed by atoms with van der Waals surface area (Å²) in [7, 11) is 0. The summed E-state index contributed by atoms with van der Waals surface area (Å²) < 4.78 is 27.3. The summed E-state index contributed by atoms with van der Waals surface area (Å²) in [5.41, 5.74) is 3.45. The molecule has 0 amide bonds. The Bertz CT molecular complexity index is 624. The lowest BCUT2D eigenvalue weighted by Gasteiger charge is -2.09. The van der Waals surface area contributed by atoms with Gasteiger partial charge in [0.2, 0.25) is 0 Å². The van der Waals surface area contributed by atoms with E-state index in [0.717, 1.165) is 11.6 Å². The molecule has 2 rings (SSSR count). The van der Waals surface area contributed by atoms with Gasteiger partial charge < -0.3 is 5.32 Å². The Morgan fingerprint density at radius 1 is 1.05 bits per heavy atom. The van der Waals surface area contributed by atoms with Gasteiger partial charge in [0.1, 0.15) is 5.03 Å². The molecule has 5 heteroatoms. The van der Waals surface area contributed by atoms with Gasteiger partial charge in [-0.1, -0.05) is 41.1 Å². The standard InChI is InChI=1S/C16H18F2N2S/c1-4-19-15-13(17)8-14(18)16(20-15)21-9-12-6-10(2)5-11(3)7-12/h5-8H,4,9H2,1-3H3,(H,19,20). The number of thioether (sulfide) groups is 1. The molecule has 21 heavy (non-hydrogen) atoms. The maximum absolute atomic E-state index is 13.8. The number of benzene rings is 1. The Hall–Kier alpha value is -1.62. The molecule has 0 radical (unpaired) electrons. The predicted octanol–water partition coefficient (Wildman–Crippen LogP) is 4.70. The molecule has 0 saturated heterocycles. The van der Waals surface area contributed by atoms with E-state index in [2.05, 4.69) is 28.5 Å². The topological polar surface area (TPSA) is 24.9 Å². The normalized spacial score (nSPS) is 10.7. The second-order valence-corrected chi connectivity index (χ2v) is 5.88. The molecular formula is C16H18F2N2S. The first kappa shape index (κ1) is 15.8. The van der Waals surface area contributed by atoms with Crippen molar-refractivity contribution in [1.82, 2.24) is 4.98 Å². The van der Waals surface area contributed by atoms with Gasteiger partial charge in [0, 0.05) is 18.4 Å². The highest BCUT2D eigenvalue weighted by atomic mass is 32.2. The molecule has 2 nitrogen and oxygen atoms in total. The Morgan fingerprint density at radius 2 is 1.71 bits per heavy atom. The average molecular weight is 308 g/mol. The largest absolute Gasteiger partial charge is 0.368 e. The van der Waals surface area contributed by atoms with Crippen molar-refractivity contribution >= 4 is 17.6 Å². The Labute approximate surface area is 128 Å². The first-order valence-corrected chi connectivity index (χ1v) is 7.78. The van der Waals surface area contributed by atoms with Crippen LogP contribution in [0.5, 0.6) is 0 Å². The minimum absolute atomic E-state index is 0.0989. The van der Waals surface area contributed by atoms with Gasteiger partial charge in [-0.15, -0.1) is 0 Å². The monoisotopic (exact) mass is 308 g/mol. The fourth-order valence-corrected chi connectivity index (χ4v) is 2.97. The highest BCUT2D eigenvalue weighted by molar-refractivity contribution is 7.98. The number of pyridine rings is 1. The van der Waals surface area contributed by atoms with Gasteiger partial charge in [0.25, 0.3) is 0 Å². The van der Waals surface area contributed by atoms with Crippen molar-refractivity contribution in [2.24, 2.45) is 0 Å². The molecule has 0 fully saturated rings. The third-order valence-electron chi connectivity index (χ3n) is 2.90. The van der Waals surface area contributed by atoms with Crippen LogP contribution in [0.1, 0.15) is 23.6 Å². The molecule has 112 valence electrons. The van der Waals surface area contributed by atoms with E-state index in [0.29, 0.717) is 12.3 Å². The van der Waals surface area contributed by atoms with E-state index < -0.39 is 11.6 Å². The number of nitrogens with one attached hydrogen (secondary N) is 1. The van der Waals surface area contributed by atoms with Crippen molar-refractivity contribution in [2.45, 2.75) is 31.6 Å². The van der Waals surface area contributed by atoms with Crippen LogP contribution in [0.25, 0.3) is 0 Å². The SMILES string of the molecule is CCNc1nc(SCc2cc(C)cc(C)c2)c(F)cc1F. The van der Waals surface area contributed by atoms with E-state index in [9.17, 15) is 8.78 Å². The summed E-state index contributed by atoms with van der Waals surface area (Å²) in [5, 5.41) is 3.01. The van der Waals surface area contributed by atoms with Gasteiger partial charge in [0.15, 0.2) is 17.5 Å². The summed E-state index contributed by atoms with van der Waals surface area (Å²) in [6.07, 6.45) is 0. The van der Waals surface area contributed by atoms with Crippen LogP contribution < -0.4 is 5.32 Å². The maximum Gasteiger partial charge on any atom is 0.168 e. The molecule has 0 spiro atoms. The number of halogens is 2. The molecule has 1 aromatic heterocycles. The summed E-state index contributed by atoms with van der Waals surface area (Å²) >= 11 is 1.27. The smallest absolute Gasteiger partial charge is 0.168 e. The number of hydrogen-bond acceptors (Lipinski definition) is 3. The number of aromatic nitrogens is 1. The van der Waals surface area contributed by atoms with Crippen LogP contribution in [-0.2, 0) is 5.75 Å². The fourth-order valence-electron chi connectivity index (χ4n) is 2.15. The van der Waals surface area contributed by atoms with Crippen LogP contribution in [0.3, 0.4) is 0 Å². The summed E-state index contributed by atoms with van der Waals surface area (Å²) in [5.74, 6) is -0.584. The van der Waals surface area contributed by atoms with Crippen molar-refractivity contribution in [3.05, 3.63) is 52.6 Å². The maximum atomic E-state index is 13.8. The lowest BCUT2D eigenvalue weighted by atomic mass is 10.1. The van der Waals surface area contributed by atoms with Gasteiger partial charge in [0.05, 0.1) is 0 Å². The number of rotatable bonds is 5. The zero-order valence-corrected chi connectivity index (χ0v) is 13.2. The highest BCUT2D eigenvalue weighted by Gasteiger charge is 2.12. The molecular weight excluding hydrogens is 290 g/mol. The van der Waals surface area contributed by atoms with Crippen LogP contribution >= 0.6 is 11.8 Å². The fraction of sp³-hybridized carbons (Fsp3) is 0.312. The van der Waals surface area contributed by atoms with E-state index in [4.69, 9.17) is 0 Å². The van der Waals surface area contributed by atoms with Gasteiger partial charge in [-0.25, -0.2) is 13.8 Å². The van der Waals surface area contributed by atoms with Gasteiger partial charge >= 0.3 is 0 Å². The second kappa shape index (κ2) is 6.89. The first-order valence-electron chi connectivity index (χ1n) is 6.79.